The van der Waals surface area contributed by atoms with Gasteiger partial charge in [-0.2, -0.15) is 0 Å². The van der Waals surface area contributed by atoms with Crippen molar-refractivity contribution in [3.63, 3.8) is 0 Å². The van der Waals surface area contributed by atoms with Gasteiger partial charge in [-0.1, -0.05) is 0 Å². The summed E-state index contributed by atoms with van der Waals surface area (Å²) in [5.41, 5.74) is 0. The second kappa shape index (κ2) is 5.48. The van der Waals surface area contributed by atoms with E-state index < -0.39 is 23.9 Å². The van der Waals surface area contributed by atoms with Gasteiger partial charge in [0.1, 0.15) is 6.04 Å². The maximum Gasteiger partial charge on any atom is 0.318 e. The van der Waals surface area contributed by atoms with Crippen molar-refractivity contribution in [1.29, 1.82) is 0 Å². The van der Waals surface area contributed by atoms with Gasteiger partial charge in [0.05, 0.1) is 6.42 Å². The van der Waals surface area contributed by atoms with Crippen molar-refractivity contribution in [2.24, 2.45) is 5.92 Å². The van der Waals surface area contributed by atoms with E-state index in [2.05, 4.69) is 5.32 Å². The number of nitrogens with one attached hydrogen (secondary N) is 1. The Morgan fingerprint density at radius 2 is 2.10 bits per heavy atom. The highest BCUT2D eigenvalue weighted by Crippen LogP contribution is 2.20. The van der Waals surface area contributed by atoms with Crippen molar-refractivity contribution in [2.75, 3.05) is 20.1 Å². The maximum atomic E-state index is 12.0. The number of amides is 4. The molecule has 0 spiro atoms. The first-order chi connectivity index (χ1) is 9.38. The number of hydrogen-bond donors (Lipinski definition) is 2. The van der Waals surface area contributed by atoms with Crippen LogP contribution in [0.5, 0.6) is 0 Å². The molecule has 2 saturated heterocycles. The molecule has 20 heavy (non-hydrogen) atoms. The third kappa shape index (κ3) is 2.89. The molecule has 0 aromatic rings. The lowest BCUT2D eigenvalue weighted by Crippen LogP contribution is -2.46. The van der Waals surface area contributed by atoms with Gasteiger partial charge in [-0.25, -0.2) is 4.79 Å². The van der Waals surface area contributed by atoms with Crippen LogP contribution < -0.4 is 5.32 Å². The SMILES string of the molecule is CN1C(=O)CC(NC(=O)N2CCC(CC(=O)O)C2)C1=O. The first-order valence-electron chi connectivity index (χ1n) is 6.46. The highest BCUT2D eigenvalue weighted by Gasteiger charge is 2.38. The van der Waals surface area contributed by atoms with E-state index in [0.29, 0.717) is 19.5 Å². The van der Waals surface area contributed by atoms with E-state index in [1.807, 2.05) is 0 Å². The summed E-state index contributed by atoms with van der Waals surface area (Å²) in [7, 11) is 1.38. The molecule has 0 saturated carbocycles. The molecule has 0 aliphatic carbocycles. The summed E-state index contributed by atoms with van der Waals surface area (Å²) in [4.78, 5) is 48.1. The van der Waals surface area contributed by atoms with Gasteiger partial charge in [0.15, 0.2) is 0 Å². The molecular formula is C12H17N3O5. The molecule has 4 amide bonds. The first kappa shape index (κ1) is 14.3. The average Bonchev–Trinajstić information content (AvgIpc) is 2.91. The molecule has 0 radical (unpaired) electrons. The largest absolute Gasteiger partial charge is 0.481 e. The maximum absolute atomic E-state index is 12.0. The average molecular weight is 283 g/mol. The summed E-state index contributed by atoms with van der Waals surface area (Å²) in [5.74, 6) is -1.66. The van der Waals surface area contributed by atoms with Gasteiger partial charge in [0.2, 0.25) is 5.91 Å². The molecule has 8 nitrogen and oxygen atoms in total. The second-order valence-corrected chi connectivity index (χ2v) is 5.20. The number of imide groups is 1. The Balaban J connectivity index is 1.86. The van der Waals surface area contributed by atoms with Crippen molar-refractivity contribution in [2.45, 2.75) is 25.3 Å². The number of carboxylic acids is 1. The monoisotopic (exact) mass is 283 g/mol. The molecule has 2 fully saturated rings. The van der Waals surface area contributed by atoms with Gasteiger partial charge in [-0.15, -0.1) is 0 Å². The zero-order valence-corrected chi connectivity index (χ0v) is 11.2. The molecule has 0 aromatic carbocycles. The van der Waals surface area contributed by atoms with Crippen molar-refractivity contribution in [3.05, 3.63) is 0 Å². The van der Waals surface area contributed by atoms with Crippen molar-refractivity contribution in [1.82, 2.24) is 15.1 Å². The Hall–Kier alpha value is -2.12. The minimum atomic E-state index is -0.879. The van der Waals surface area contributed by atoms with E-state index in [9.17, 15) is 19.2 Å². The molecule has 2 aliphatic rings. The summed E-state index contributed by atoms with van der Waals surface area (Å²) in [6.07, 6.45) is 0.651. The van der Waals surface area contributed by atoms with Gasteiger partial charge < -0.3 is 15.3 Å². The van der Waals surface area contributed by atoms with E-state index >= 15 is 0 Å². The van der Waals surface area contributed by atoms with Gasteiger partial charge >= 0.3 is 12.0 Å². The minimum absolute atomic E-state index is 0.0204. The van der Waals surface area contributed by atoms with Crippen LogP contribution in [0.3, 0.4) is 0 Å². The van der Waals surface area contributed by atoms with Gasteiger partial charge in [-0.05, 0) is 12.3 Å². The van der Waals surface area contributed by atoms with E-state index in [1.54, 1.807) is 0 Å². The van der Waals surface area contributed by atoms with E-state index in [1.165, 1.54) is 11.9 Å². The molecule has 2 rings (SSSR count). The zero-order chi connectivity index (χ0) is 14.9. The lowest BCUT2D eigenvalue weighted by Gasteiger charge is -2.19. The highest BCUT2D eigenvalue weighted by atomic mass is 16.4. The van der Waals surface area contributed by atoms with Crippen LogP contribution in [0, 0.1) is 5.92 Å². The molecule has 0 bridgehead atoms. The minimum Gasteiger partial charge on any atom is -0.481 e. The van der Waals surface area contributed by atoms with Crippen LogP contribution >= 0.6 is 0 Å². The molecule has 8 heteroatoms. The number of likely N-dealkylation sites (tertiary alicyclic amines) is 2. The Bertz CT molecular complexity index is 464. The Kier molecular flexibility index (Phi) is 3.91. The topological polar surface area (TPSA) is 107 Å². The third-order valence-corrected chi connectivity index (χ3v) is 3.72. The fourth-order valence-corrected chi connectivity index (χ4v) is 2.54. The predicted molar refractivity (Wildman–Crippen MR) is 66.6 cm³/mol. The molecule has 2 N–H and O–H groups in total. The van der Waals surface area contributed by atoms with Crippen LogP contribution in [-0.4, -0.2) is 64.9 Å². The predicted octanol–water partition coefficient (Wildman–Crippen LogP) is -0.750. The summed E-state index contributed by atoms with van der Waals surface area (Å²) in [5, 5.41) is 11.2. The third-order valence-electron chi connectivity index (χ3n) is 3.72. The number of urea groups is 1. The molecule has 2 atom stereocenters. The van der Waals surface area contributed by atoms with Crippen molar-refractivity contribution in [3.8, 4) is 0 Å². The fourth-order valence-electron chi connectivity index (χ4n) is 2.54. The first-order valence-corrected chi connectivity index (χ1v) is 6.46. The number of carbonyl (C=O) groups excluding carboxylic acids is 3. The number of carboxylic acid groups (broad SMARTS) is 1. The van der Waals surface area contributed by atoms with Gasteiger partial charge in [0.25, 0.3) is 5.91 Å². The van der Waals surface area contributed by atoms with E-state index in [4.69, 9.17) is 5.11 Å². The molecule has 2 unspecified atom stereocenters. The summed E-state index contributed by atoms with van der Waals surface area (Å²) >= 11 is 0. The lowest BCUT2D eigenvalue weighted by atomic mass is 10.1. The van der Waals surface area contributed by atoms with Crippen LogP contribution in [0.1, 0.15) is 19.3 Å². The Labute approximate surface area is 115 Å². The summed E-state index contributed by atoms with van der Waals surface area (Å²) in [6.45, 7) is 0.831. The second-order valence-electron chi connectivity index (χ2n) is 5.20. The van der Waals surface area contributed by atoms with Crippen molar-refractivity contribution >= 4 is 23.8 Å². The van der Waals surface area contributed by atoms with Crippen LogP contribution in [-0.2, 0) is 14.4 Å². The van der Waals surface area contributed by atoms with E-state index in [-0.39, 0.29) is 24.7 Å². The molecular weight excluding hydrogens is 266 g/mol. The van der Waals surface area contributed by atoms with Crippen LogP contribution in [0.4, 0.5) is 4.79 Å². The molecule has 110 valence electrons. The number of aliphatic carboxylic acids is 1. The number of likely N-dealkylation sites (N-methyl/N-ethyl adjacent to an activating group) is 1. The number of rotatable bonds is 3. The smallest absolute Gasteiger partial charge is 0.318 e. The van der Waals surface area contributed by atoms with Crippen LogP contribution in [0.15, 0.2) is 0 Å². The highest BCUT2D eigenvalue weighted by molar-refractivity contribution is 6.06. The quantitative estimate of drug-likeness (QED) is 0.663. The molecule has 2 aliphatic heterocycles. The normalized spacial score (nSPS) is 26.2. The fraction of sp³-hybridized carbons (Fsp3) is 0.667. The molecule has 2 heterocycles. The van der Waals surface area contributed by atoms with Gasteiger partial charge in [-0.3, -0.25) is 19.3 Å². The lowest BCUT2D eigenvalue weighted by molar-refractivity contribution is -0.138. The van der Waals surface area contributed by atoms with Crippen LogP contribution in [0.2, 0.25) is 0 Å². The standard InChI is InChI=1S/C12H17N3O5/c1-14-9(16)5-8(11(14)19)13-12(20)15-3-2-7(6-15)4-10(17)18/h7-8H,2-6H2,1H3,(H,13,20)(H,17,18). The number of hydrogen-bond acceptors (Lipinski definition) is 4. The Morgan fingerprint density at radius 1 is 1.40 bits per heavy atom. The van der Waals surface area contributed by atoms with Crippen LogP contribution in [0.25, 0.3) is 0 Å². The zero-order valence-electron chi connectivity index (χ0n) is 11.2. The summed E-state index contributed by atoms with van der Waals surface area (Å²) < 4.78 is 0. The van der Waals surface area contributed by atoms with Gasteiger partial charge in [0, 0.05) is 26.6 Å². The number of nitrogens with zero attached hydrogens (tertiary/aromatic N) is 2. The molecule has 0 aromatic heterocycles. The van der Waals surface area contributed by atoms with Crippen molar-refractivity contribution < 1.29 is 24.3 Å². The number of carbonyl (C=O) groups is 4. The van der Waals surface area contributed by atoms with E-state index in [0.717, 1.165) is 4.90 Å². The summed E-state index contributed by atoms with van der Waals surface area (Å²) in [6, 6.07) is -1.22. The Morgan fingerprint density at radius 3 is 2.65 bits per heavy atom.